The van der Waals surface area contributed by atoms with Crippen molar-refractivity contribution in [2.75, 3.05) is 13.1 Å². The van der Waals surface area contributed by atoms with Gasteiger partial charge in [0.1, 0.15) is 5.75 Å². The first kappa shape index (κ1) is 23.2. The van der Waals surface area contributed by atoms with E-state index in [0.717, 1.165) is 11.6 Å². The van der Waals surface area contributed by atoms with Crippen molar-refractivity contribution in [3.8, 4) is 5.75 Å². The van der Waals surface area contributed by atoms with Gasteiger partial charge in [0.15, 0.2) is 0 Å². The zero-order valence-corrected chi connectivity index (χ0v) is 17.9. The fraction of sp³-hybridized carbons (Fsp3) is 0.250. The summed E-state index contributed by atoms with van der Waals surface area (Å²) in [7, 11) is 0. The molecule has 34 heavy (non-hydrogen) atoms. The first-order valence-electron chi connectivity index (χ1n) is 10.6. The van der Waals surface area contributed by atoms with Crippen LogP contribution in [0.3, 0.4) is 0 Å². The number of hydrogen-bond acceptors (Lipinski definition) is 5. The Balaban J connectivity index is 1.56. The molecule has 0 radical (unpaired) electrons. The van der Waals surface area contributed by atoms with Gasteiger partial charge in [-0.25, -0.2) is 0 Å². The Morgan fingerprint density at radius 1 is 1.00 bits per heavy atom. The molecular formula is C24H21F3N4O3. The lowest BCUT2D eigenvalue weighted by atomic mass is 9.85. The lowest BCUT2D eigenvalue weighted by Gasteiger charge is -2.39. The van der Waals surface area contributed by atoms with E-state index in [4.69, 9.17) is 0 Å². The topological polar surface area (TPSA) is 84.4 Å². The Morgan fingerprint density at radius 2 is 1.74 bits per heavy atom. The molecule has 1 saturated heterocycles. The summed E-state index contributed by atoms with van der Waals surface area (Å²) in [4.78, 5) is 27.6. The molecule has 7 nitrogen and oxygen atoms in total. The third-order valence-electron chi connectivity index (χ3n) is 5.63. The molecule has 0 unspecified atom stereocenters. The molecule has 3 aromatic rings. The number of halogens is 3. The monoisotopic (exact) mass is 470 g/mol. The minimum absolute atomic E-state index is 0.204. The van der Waals surface area contributed by atoms with Gasteiger partial charge in [-0.1, -0.05) is 42.5 Å². The second-order valence-electron chi connectivity index (χ2n) is 7.81. The molecule has 1 aliphatic rings. The molecule has 2 heterocycles. The van der Waals surface area contributed by atoms with Crippen LogP contribution < -0.4 is 10.1 Å². The highest BCUT2D eigenvalue weighted by atomic mass is 19.4. The summed E-state index contributed by atoms with van der Waals surface area (Å²) < 4.78 is 42.4. The lowest BCUT2D eigenvalue weighted by Crippen LogP contribution is -2.51. The molecule has 0 aliphatic carbocycles. The number of benzene rings is 2. The minimum atomic E-state index is -4.92. The molecule has 0 spiro atoms. The molecule has 0 bridgehead atoms. The minimum Gasteiger partial charge on any atom is -0.405 e. The number of para-hydroxylation sites is 1. The maximum Gasteiger partial charge on any atom is 0.573 e. The molecule has 2 atom stereocenters. The molecule has 176 valence electrons. The van der Waals surface area contributed by atoms with Gasteiger partial charge in [0.2, 0.25) is 0 Å². The van der Waals surface area contributed by atoms with E-state index >= 15 is 0 Å². The van der Waals surface area contributed by atoms with Gasteiger partial charge in [-0.15, -0.1) is 13.2 Å². The van der Waals surface area contributed by atoms with Gasteiger partial charge in [-0.2, -0.15) is 10.2 Å². The Hall–Kier alpha value is -3.95. The Labute approximate surface area is 193 Å². The number of nitrogens with one attached hydrogen (secondary N) is 1. The number of carbonyl (C=O) groups excluding carboxylic acids is 2. The van der Waals surface area contributed by atoms with Crippen molar-refractivity contribution in [3.63, 3.8) is 0 Å². The van der Waals surface area contributed by atoms with Gasteiger partial charge in [-0.3, -0.25) is 9.59 Å². The van der Waals surface area contributed by atoms with Crippen molar-refractivity contribution >= 4 is 11.8 Å². The van der Waals surface area contributed by atoms with Gasteiger partial charge in [0.05, 0.1) is 23.5 Å². The first-order valence-corrected chi connectivity index (χ1v) is 10.6. The third-order valence-corrected chi connectivity index (χ3v) is 5.63. The van der Waals surface area contributed by atoms with Crippen molar-refractivity contribution < 1.29 is 27.5 Å². The zero-order valence-electron chi connectivity index (χ0n) is 17.9. The number of piperidine rings is 1. The largest absolute Gasteiger partial charge is 0.573 e. The number of alkyl halides is 3. The molecule has 10 heteroatoms. The van der Waals surface area contributed by atoms with Crippen LogP contribution in [0.1, 0.15) is 38.6 Å². The molecule has 1 aromatic heterocycles. The average Bonchev–Trinajstić information content (AvgIpc) is 2.84. The van der Waals surface area contributed by atoms with E-state index in [-0.39, 0.29) is 17.4 Å². The van der Waals surface area contributed by atoms with Crippen LogP contribution in [0.15, 0.2) is 73.1 Å². The Kier molecular flexibility index (Phi) is 6.76. The van der Waals surface area contributed by atoms with E-state index in [9.17, 15) is 22.8 Å². The van der Waals surface area contributed by atoms with E-state index < -0.39 is 24.1 Å². The van der Waals surface area contributed by atoms with Crippen molar-refractivity contribution in [2.24, 2.45) is 0 Å². The quantitative estimate of drug-likeness (QED) is 0.613. The SMILES string of the molecule is O=C(N[C@@H]1CCN(C(=O)c2ccnnc2)C[C@@H]1c1ccccc1)c1ccccc1OC(F)(F)F. The number of rotatable bonds is 5. The molecule has 1 fully saturated rings. The van der Waals surface area contributed by atoms with E-state index in [1.807, 2.05) is 30.3 Å². The summed E-state index contributed by atoms with van der Waals surface area (Å²) >= 11 is 0. The van der Waals surface area contributed by atoms with Crippen molar-refractivity contribution in [3.05, 3.63) is 89.7 Å². The summed E-state index contributed by atoms with van der Waals surface area (Å²) in [5.74, 6) is -1.72. The highest BCUT2D eigenvalue weighted by molar-refractivity contribution is 5.97. The van der Waals surface area contributed by atoms with Crippen molar-refractivity contribution in [1.82, 2.24) is 20.4 Å². The third kappa shape index (κ3) is 5.51. The van der Waals surface area contributed by atoms with Crippen LogP contribution in [0.25, 0.3) is 0 Å². The lowest BCUT2D eigenvalue weighted by molar-refractivity contribution is -0.274. The Bertz CT molecular complexity index is 1140. The summed E-state index contributed by atoms with van der Waals surface area (Å²) in [6, 6.07) is 15.7. The van der Waals surface area contributed by atoms with Gasteiger partial charge >= 0.3 is 6.36 Å². The summed E-state index contributed by atoms with van der Waals surface area (Å²) in [6.45, 7) is 0.674. The molecule has 4 rings (SSSR count). The number of nitrogens with zero attached hydrogens (tertiary/aromatic N) is 3. The maximum atomic E-state index is 13.0. The van der Waals surface area contributed by atoms with E-state index in [1.54, 1.807) is 11.0 Å². The highest BCUT2D eigenvalue weighted by Gasteiger charge is 2.36. The maximum absolute atomic E-state index is 13.0. The zero-order chi connectivity index (χ0) is 24.1. The van der Waals surface area contributed by atoms with Crippen molar-refractivity contribution in [1.29, 1.82) is 0 Å². The smallest absolute Gasteiger partial charge is 0.405 e. The van der Waals surface area contributed by atoms with E-state index in [0.29, 0.717) is 25.1 Å². The fourth-order valence-electron chi connectivity index (χ4n) is 4.06. The van der Waals surface area contributed by atoms with Gasteiger partial charge in [0, 0.05) is 25.0 Å². The van der Waals surface area contributed by atoms with Gasteiger partial charge < -0.3 is 15.0 Å². The number of ether oxygens (including phenoxy) is 1. The van der Waals surface area contributed by atoms with Gasteiger partial charge in [-0.05, 0) is 30.2 Å². The number of likely N-dealkylation sites (tertiary alicyclic amines) is 1. The van der Waals surface area contributed by atoms with E-state index in [1.165, 1.54) is 30.6 Å². The van der Waals surface area contributed by atoms with Crippen LogP contribution >= 0.6 is 0 Å². The predicted octanol–water partition coefficient (Wildman–Crippen LogP) is 3.80. The van der Waals surface area contributed by atoms with Crippen LogP contribution in [0.5, 0.6) is 5.75 Å². The summed E-state index contributed by atoms with van der Waals surface area (Å²) in [5, 5.41) is 10.3. The van der Waals surface area contributed by atoms with Crippen LogP contribution in [0.2, 0.25) is 0 Å². The predicted molar refractivity (Wildman–Crippen MR) is 116 cm³/mol. The molecule has 0 saturated carbocycles. The van der Waals surface area contributed by atoms with Crippen LogP contribution in [0, 0.1) is 0 Å². The number of carbonyl (C=O) groups is 2. The standard InChI is InChI=1S/C24H21F3N4O3/c25-24(26,27)34-21-9-5-4-8-18(21)22(32)30-20-11-13-31(23(33)17-10-12-28-29-14-17)15-19(20)16-6-2-1-3-7-16/h1-10,12,14,19-20H,11,13,15H2,(H,30,32)/t19-,20-/m1/s1. The first-order chi connectivity index (χ1) is 16.3. The average molecular weight is 470 g/mol. The van der Waals surface area contributed by atoms with Crippen LogP contribution in [-0.2, 0) is 0 Å². The fourth-order valence-corrected chi connectivity index (χ4v) is 4.06. The molecular weight excluding hydrogens is 449 g/mol. The molecule has 2 aromatic carbocycles. The second kappa shape index (κ2) is 9.90. The van der Waals surface area contributed by atoms with Crippen LogP contribution in [-0.4, -0.2) is 52.4 Å². The molecule has 2 amide bonds. The van der Waals surface area contributed by atoms with Crippen molar-refractivity contribution in [2.45, 2.75) is 24.7 Å². The van der Waals surface area contributed by atoms with Gasteiger partial charge in [0.25, 0.3) is 11.8 Å². The summed E-state index contributed by atoms with van der Waals surface area (Å²) in [6.07, 6.45) is -1.67. The molecule has 1 N–H and O–H groups in total. The number of amides is 2. The number of hydrogen-bond donors (Lipinski definition) is 1. The highest BCUT2D eigenvalue weighted by Crippen LogP contribution is 2.30. The summed E-state index contributed by atoms with van der Waals surface area (Å²) in [5.41, 5.74) is 1.09. The van der Waals surface area contributed by atoms with E-state index in [2.05, 4.69) is 20.3 Å². The number of aromatic nitrogens is 2. The normalized spacial score (nSPS) is 18.3. The molecule has 1 aliphatic heterocycles. The second-order valence-corrected chi connectivity index (χ2v) is 7.81. The Morgan fingerprint density at radius 3 is 2.44 bits per heavy atom. The van der Waals surface area contributed by atoms with Crippen LogP contribution in [0.4, 0.5) is 13.2 Å².